The first-order valence-corrected chi connectivity index (χ1v) is 9.27. The van der Waals surface area contributed by atoms with Gasteiger partial charge in [-0.05, 0) is 59.3 Å². The van der Waals surface area contributed by atoms with Crippen LogP contribution < -0.4 is 10.1 Å². The molecule has 0 saturated heterocycles. The Bertz CT molecular complexity index is 1180. The molecule has 0 aliphatic carbocycles. The number of tetrazole rings is 1. The zero-order chi connectivity index (χ0) is 21.3. The molecule has 0 saturated carbocycles. The average Bonchev–Trinajstić information content (AvgIpc) is 3.35. The minimum Gasteiger partial charge on any atom is -0.493 e. The van der Waals surface area contributed by atoms with Crippen molar-refractivity contribution in [3.63, 3.8) is 0 Å². The summed E-state index contributed by atoms with van der Waals surface area (Å²) >= 11 is 6.34. The van der Waals surface area contributed by atoms with Crippen LogP contribution in [0.1, 0.15) is 18.1 Å². The summed E-state index contributed by atoms with van der Waals surface area (Å²) in [5.74, 6) is 0.605. The van der Waals surface area contributed by atoms with Crippen LogP contribution in [0.2, 0.25) is 5.02 Å². The summed E-state index contributed by atoms with van der Waals surface area (Å²) in [6, 6.07) is 9.00. The highest BCUT2D eigenvalue weighted by atomic mass is 35.5. The van der Waals surface area contributed by atoms with Gasteiger partial charge in [-0.25, -0.2) is 5.10 Å². The van der Waals surface area contributed by atoms with Crippen molar-refractivity contribution in [2.75, 3.05) is 11.9 Å². The molecule has 11 heteroatoms. The monoisotopic (exact) mass is 437 g/mol. The van der Waals surface area contributed by atoms with Crippen molar-refractivity contribution in [1.29, 1.82) is 0 Å². The molecule has 0 aliphatic heterocycles. The van der Waals surface area contributed by atoms with Gasteiger partial charge in [0.25, 0.3) is 0 Å². The summed E-state index contributed by atoms with van der Waals surface area (Å²) in [5, 5.41) is 17.6. The van der Waals surface area contributed by atoms with Gasteiger partial charge in [0.2, 0.25) is 5.82 Å². The van der Waals surface area contributed by atoms with Crippen LogP contribution >= 0.6 is 11.6 Å². The van der Waals surface area contributed by atoms with Crippen LogP contribution in [-0.2, 0) is 12.7 Å². The van der Waals surface area contributed by atoms with E-state index in [1.807, 2.05) is 0 Å². The molecule has 4 rings (SSSR count). The molecule has 2 heterocycles. The van der Waals surface area contributed by atoms with Gasteiger partial charge in [-0.3, -0.25) is 0 Å². The van der Waals surface area contributed by atoms with Crippen molar-refractivity contribution < 1.29 is 22.3 Å². The largest absolute Gasteiger partial charge is 0.493 e. The van der Waals surface area contributed by atoms with Crippen molar-refractivity contribution in [3.05, 3.63) is 52.5 Å². The van der Waals surface area contributed by atoms with Crippen LogP contribution in [0.25, 0.3) is 22.6 Å². The topological polar surface area (TPSA) is 88.9 Å². The summed E-state index contributed by atoms with van der Waals surface area (Å²) < 4.78 is 50.8. The van der Waals surface area contributed by atoms with Crippen LogP contribution in [0, 0.1) is 0 Å². The van der Waals surface area contributed by atoms with Gasteiger partial charge < -0.3 is 14.5 Å². The number of hydrogen-bond acceptors (Lipinski definition) is 6. The van der Waals surface area contributed by atoms with Gasteiger partial charge >= 0.3 is 6.18 Å². The Balaban J connectivity index is 1.58. The number of benzene rings is 2. The van der Waals surface area contributed by atoms with Gasteiger partial charge in [0, 0.05) is 22.6 Å². The van der Waals surface area contributed by atoms with E-state index in [-0.39, 0.29) is 24.6 Å². The van der Waals surface area contributed by atoms with Crippen LogP contribution in [0.15, 0.2) is 40.8 Å². The number of nitrogens with zero attached hydrogens (tertiary/aromatic N) is 3. The van der Waals surface area contributed by atoms with E-state index in [4.69, 9.17) is 20.8 Å². The molecule has 7 nitrogen and oxygen atoms in total. The van der Waals surface area contributed by atoms with Crippen LogP contribution in [0.4, 0.5) is 18.9 Å². The van der Waals surface area contributed by atoms with Gasteiger partial charge in [-0.1, -0.05) is 11.6 Å². The highest BCUT2D eigenvalue weighted by Crippen LogP contribution is 2.38. The summed E-state index contributed by atoms with van der Waals surface area (Å²) in [6.45, 7) is 1.96. The Morgan fingerprint density at radius 3 is 2.73 bits per heavy atom. The number of rotatable bonds is 6. The molecule has 0 radical (unpaired) electrons. The summed E-state index contributed by atoms with van der Waals surface area (Å²) in [4.78, 5) is 0. The Morgan fingerprint density at radius 2 is 2.03 bits per heavy atom. The maximum atomic E-state index is 13.3. The number of furan rings is 1. The Kier molecular flexibility index (Phi) is 5.25. The Hall–Kier alpha value is -3.27. The van der Waals surface area contributed by atoms with Crippen molar-refractivity contribution >= 4 is 28.3 Å². The molecule has 0 fully saturated rings. The zero-order valence-corrected chi connectivity index (χ0v) is 16.3. The summed E-state index contributed by atoms with van der Waals surface area (Å²) in [5.41, 5.74) is 0.649. The lowest BCUT2D eigenvalue weighted by Gasteiger charge is -2.15. The van der Waals surface area contributed by atoms with Crippen molar-refractivity contribution in [2.24, 2.45) is 0 Å². The molecule has 0 atom stereocenters. The van der Waals surface area contributed by atoms with Crippen molar-refractivity contribution in [2.45, 2.75) is 19.6 Å². The molecule has 30 heavy (non-hydrogen) atoms. The number of fused-ring (bicyclic) bond motifs is 1. The second-order valence-corrected chi connectivity index (χ2v) is 6.74. The minimum atomic E-state index is -4.53. The van der Waals surface area contributed by atoms with Crippen molar-refractivity contribution in [1.82, 2.24) is 20.6 Å². The van der Waals surface area contributed by atoms with Crippen molar-refractivity contribution in [3.8, 4) is 17.3 Å². The zero-order valence-electron chi connectivity index (χ0n) is 15.5. The third-order valence-electron chi connectivity index (χ3n) is 4.33. The molecule has 2 N–H and O–H groups in total. The summed E-state index contributed by atoms with van der Waals surface area (Å²) in [6.07, 6.45) is -4.53. The molecule has 0 bridgehead atoms. The molecule has 4 aromatic rings. The standard InChI is InChI=1S/C19H15ClF3N5O2/c1-2-29-15-4-3-12(8-13(15)19(21,22)23)24-9-11-7-16-10(5-14(11)20)6-17(30-16)18-25-27-28-26-18/h3-8,24H,2,9H2,1H3,(H,25,26,27,28). The number of aromatic amines is 1. The molecule has 0 spiro atoms. The quantitative estimate of drug-likeness (QED) is 0.425. The highest BCUT2D eigenvalue weighted by Gasteiger charge is 2.34. The van der Waals surface area contributed by atoms with E-state index in [2.05, 4.69) is 25.9 Å². The first-order valence-electron chi connectivity index (χ1n) is 8.89. The van der Waals surface area contributed by atoms with Gasteiger partial charge in [-0.2, -0.15) is 13.2 Å². The highest BCUT2D eigenvalue weighted by molar-refractivity contribution is 6.32. The number of hydrogen-bond donors (Lipinski definition) is 2. The lowest BCUT2D eigenvalue weighted by Crippen LogP contribution is -2.10. The molecule has 0 amide bonds. The molecular formula is C19H15ClF3N5O2. The van der Waals surface area contributed by atoms with E-state index in [1.165, 1.54) is 12.1 Å². The third kappa shape index (κ3) is 4.04. The van der Waals surface area contributed by atoms with Gasteiger partial charge in [-0.15, -0.1) is 5.10 Å². The van der Waals surface area contributed by atoms with Gasteiger partial charge in [0.1, 0.15) is 11.3 Å². The predicted molar refractivity (Wildman–Crippen MR) is 104 cm³/mol. The fourth-order valence-corrected chi connectivity index (χ4v) is 3.20. The number of alkyl halides is 3. The fourth-order valence-electron chi connectivity index (χ4n) is 2.96. The minimum absolute atomic E-state index is 0.140. The molecule has 156 valence electrons. The molecular weight excluding hydrogens is 423 g/mol. The van der Waals surface area contributed by atoms with E-state index < -0.39 is 11.7 Å². The molecule has 2 aromatic carbocycles. The number of nitrogens with one attached hydrogen (secondary N) is 2. The van der Waals surface area contributed by atoms with E-state index in [0.29, 0.717) is 27.8 Å². The van der Waals surface area contributed by atoms with Gasteiger partial charge in [0.05, 0.1) is 12.2 Å². The maximum absolute atomic E-state index is 13.3. The second-order valence-electron chi connectivity index (χ2n) is 6.34. The second kappa shape index (κ2) is 7.86. The number of H-pyrrole nitrogens is 1. The van der Waals surface area contributed by atoms with E-state index in [9.17, 15) is 13.2 Å². The molecule has 2 aromatic heterocycles. The van der Waals surface area contributed by atoms with E-state index >= 15 is 0 Å². The number of halogens is 4. The predicted octanol–water partition coefficient (Wildman–Crippen LogP) is 5.30. The lowest BCUT2D eigenvalue weighted by molar-refractivity contribution is -0.138. The third-order valence-corrected chi connectivity index (χ3v) is 4.68. The maximum Gasteiger partial charge on any atom is 0.420 e. The number of aromatic nitrogens is 4. The average molecular weight is 438 g/mol. The molecule has 0 unspecified atom stereocenters. The summed E-state index contributed by atoms with van der Waals surface area (Å²) in [7, 11) is 0. The van der Waals surface area contributed by atoms with Crippen LogP contribution in [0.3, 0.4) is 0 Å². The Labute approximate surface area is 173 Å². The fraction of sp³-hybridized carbons (Fsp3) is 0.211. The number of anilines is 1. The first kappa shape index (κ1) is 20.0. The smallest absolute Gasteiger partial charge is 0.420 e. The van der Waals surface area contributed by atoms with Crippen LogP contribution in [-0.4, -0.2) is 27.2 Å². The van der Waals surface area contributed by atoms with E-state index in [0.717, 1.165) is 11.5 Å². The normalized spacial score (nSPS) is 11.8. The first-order chi connectivity index (χ1) is 14.3. The van der Waals surface area contributed by atoms with E-state index in [1.54, 1.807) is 25.1 Å². The molecule has 0 aliphatic rings. The number of ether oxygens (including phenoxy) is 1. The Morgan fingerprint density at radius 1 is 1.20 bits per heavy atom. The SMILES string of the molecule is CCOc1ccc(NCc2cc3oc(-c4nnn[nH]4)cc3cc2Cl)cc1C(F)(F)F. The van der Waals surface area contributed by atoms with Gasteiger partial charge in [0.15, 0.2) is 5.76 Å². The lowest BCUT2D eigenvalue weighted by atomic mass is 10.1. The van der Waals surface area contributed by atoms with Crippen LogP contribution in [0.5, 0.6) is 5.75 Å².